The molecule has 3 saturated heterocycles. The average molecular weight is 600 g/mol. The molecule has 1 spiro atoms. The summed E-state index contributed by atoms with van der Waals surface area (Å²) >= 11 is 0. The van der Waals surface area contributed by atoms with E-state index >= 15 is 4.79 Å². The van der Waals surface area contributed by atoms with Crippen LogP contribution in [0.15, 0.2) is 73.8 Å². The molecule has 3 aliphatic heterocycles. The maximum Gasteiger partial charge on any atom is 0.253 e. The number of hydrogen-bond donors (Lipinski definition) is 1. The lowest BCUT2D eigenvalue weighted by Gasteiger charge is -2.40. The van der Waals surface area contributed by atoms with E-state index in [0.717, 1.165) is 28.8 Å². The number of benzene rings is 2. The molecule has 0 aliphatic carbocycles. The van der Waals surface area contributed by atoms with Crippen LogP contribution in [-0.4, -0.2) is 82.7 Å². The van der Waals surface area contributed by atoms with Crippen molar-refractivity contribution in [3.05, 3.63) is 90.5 Å². The van der Waals surface area contributed by atoms with E-state index in [4.69, 9.17) is 4.74 Å². The van der Waals surface area contributed by atoms with Crippen molar-refractivity contribution in [1.82, 2.24) is 9.80 Å². The van der Waals surface area contributed by atoms with E-state index in [0.29, 0.717) is 32.4 Å². The summed E-state index contributed by atoms with van der Waals surface area (Å²) in [6, 6.07) is 13.8. The van der Waals surface area contributed by atoms with Crippen LogP contribution in [-0.2, 0) is 25.5 Å². The Morgan fingerprint density at radius 1 is 1.07 bits per heavy atom. The van der Waals surface area contributed by atoms with Gasteiger partial charge in [-0.2, -0.15) is 0 Å². The second kappa shape index (κ2) is 13.1. The van der Waals surface area contributed by atoms with Crippen LogP contribution in [0.4, 0.5) is 5.69 Å². The molecular formula is C36H45N3O5. The Morgan fingerprint density at radius 3 is 2.36 bits per heavy atom. The first kappa shape index (κ1) is 31.7. The van der Waals surface area contributed by atoms with Crippen molar-refractivity contribution >= 4 is 23.4 Å². The van der Waals surface area contributed by atoms with E-state index in [1.807, 2.05) is 69.3 Å². The molecule has 2 aromatic rings. The Kier molecular flexibility index (Phi) is 9.42. The summed E-state index contributed by atoms with van der Waals surface area (Å²) in [6.07, 6.45) is 5.13. The van der Waals surface area contributed by atoms with Crippen LogP contribution in [0.3, 0.4) is 0 Å². The van der Waals surface area contributed by atoms with Crippen molar-refractivity contribution in [1.29, 1.82) is 0 Å². The summed E-state index contributed by atoms with van der Waals surface area (Å²) in [5, 5.41) is 10.8. The topological polar surface area (TPSA) is 90.4 Å². The predicted octanol–water partition coefficient (Wildman–Crippen LogP) is 4.23. The van der Waals surface area contributed by atoms with Gasteiger partial charge in [-0.05, 0) is 56.2 Å². The molecule has 0 radical (unpaired) electrons. The molecule has 8 heteroatoms. The van der Waals surface area contributed by atoms with Crippen molar-refractivity contribution < 1.29 is 24.2 Å². The molecule has 5 rings (SSSR count). The van der Waals surface area contributed by atoms with Gasteiger partial charge in [0.25, 0.3) is 5.91 Å². The monoisotopic (exact) mass is 599 g/mol. The molecule has 3 heterocycles. The molecule has 8 nitrogen and oxygen atoms in total. The molecule has 6 atom stereocenters. The van der Waals surface area contributed by atoms with Crippen LogP contribution in [0.5, 0.6) is 0 Å². The number of ether oxygens (including phenoxy) is 1. The van der Waals surface area contributed by atoms with Crippen molar-refractivity contribution in [2.24, 2.45) is 11.8 Å². The number of likely N-dealkylation sites (tertiary alicyclic amines) is 1. The zero-order valence-electron chi connectivity index (χ0n) is 26.2. The van der Waals surface area contributed by atoms with E-state index in [2.05, 4.69) is 13.2 Å². The minimum atomic E-state index is -1.18. The number of aliphatic hydroxyl groups excluding tert-OH is 1. The first-order chi connectivity index (χ1) is 21.2. The lowest BCUT2D eigenvalue weighted by Crippen LogP contribution is -2.59. The molecule has 3 amide bonds. The predicted molar refractivity (Wildman–Crippen MR) is 171 cm³/mol. The zero-order chi connectivity index (χ0) is 31.6. The van der Waals surface area contributed by atoms with Crippen LogP contribution < -0.4 is 4.90 Å². The van der Waals surface area contributed by atoms with Gasteiger partial charge in [0, 0.05) is 25.3 Å². The minimum Gasteiger partial charge on any atom is -0.394 e. The Balaban J connectivity index is 1.63. The fraction of sp³-hybridized carbons (Fsp3) is 0.472. The highest BCUT2D eigenvalue weighted by atomic mass is 16.5. The molecule has 0 aromatic heterocycles. The third kappa shape index (κ3) is 5.28. The Bertz CT molecular complexity index is 1390. The van der Waals surface area contributed by atoms with Crippen LogP contribution in [0, 0.1) is 25.7 Å². The second-order valence-electron chi connectivity index (χ2n) is 12.4. The first-order valence-electron chi connectivity index (χ1n) is 15.8. The number of para-hydroxylation sites is 1. The van der Waals surface area contributed by atoms with Gasteiger partial charge in [-0.15, -0.1) is 13.2 Å². The van der Waals surface area contributed by atoms with Crippen molar-refractivity contribution in [2.75, 3.05) is 31.1 Å². The van der Waals surface area contributed by atoms with Gasteiger partial charge < -0.3 is 24.5 Å². The molecule has 234 valence electrons. The summed E-state index contributed by atoms with van der Waals surface area (Å²) in [6.45, 7) is 14.5. The number of aliphatic hydroxyl groups is 1. The highest BCUT2D eigenvalue weighted by Gasteiger charge is 2.75. The summed E-state index contributed by atoms with van der Waals surface area (Å²) in [5.74, 6) is -2.23. The number of hydrogen-bond acceptors (Lipinski definition) is 5. The number of nitrogens with zero attached hydrogens (tertiary/aromatic N) is 3. The van der Waals surface area contributed by atoms with Gasteiger partial charge in [-0.25, -0.2) is 0 Å². The number of fused-ring (bicyclic) bond motifs is 1. The van der Waals surface area contributed by atoms with Gasteiger partial charge in [0.05, 0.1) is 30.6 Å². The number of carbonyl (C=O) groups excluding carboxylic acids is 3. The number of rotatable bonds is 13. The van der Waals surface area contributed by atoms with Crippen molar-refractivity contribution in [3.63, 3.8) is 0 Å². The Labute approximate surface area is 261 Å². The van der Waals surface area contributed by atoms with E-state index in [9.17, 15) is 14.7 Å². The standard InChI is InChI=1S/C36H45N3O5/c1-6-19-37(20-7-2)33(41)29-28-17-18-36(44-28)30(29)34(42)39(27(23-40)22-26-15-10-9-11-16-26)32(36)35(43)38(21-8-3)31-24(4)13-12-14-25(31)5/h6,8-16,27-30,32,40H,1,3,7,17-23H2,2,4-5H3/t27-,28-,29+,30+,32?,36?/m1/s1. The van der Waals surface area contributed by atoms with Gasteiger partial charge in [0.2, 0.25) is 11.8 Å². The van der Waals surface area contributed by atoms with Crippen LogP contribution >= 0.6 is 0 Å². The maximum absolute atomic E-state index is 15.0. The van der Waals surface area contributed by atoms with Gasteiger partial charge >= 0.3 is 0 Å². The largest absolute Gasteiger partial charge is 0.394 e. The maximum atomic E-state index is 15.0. The lowest BCUT2D eigenvalue weighted by atomic mass is 9.70. The molecular weight excluding hydrogens is 554 g/mol. The van der Waals surface area contributed by atoms with Crippen LogP contribution in [0.25, 0.3) is 0 Å². The molecule has 1 N–H and O–H groups in total. The van der Waals surface area contributed by atoms with Crippen molar-refractivity contribution in [3.8, 4) is 0 Å². The van der Waals surface area contributed by atoms with E-state index < -0.39 is 35.6 Å². The molecule has 2 aromatic carbocycles. The summed E-state index contributed by atoms with van der Waals surface area (Å²) < 4.78 is 6.74. The van der Waals surface area contributed by atoms with E-state index in [1.165, 1.54) is 0 Å². The fourth-order valence-electron chi connectivity index (χ4n) is 7.91. The van der Waals surface area contributed by atoms with Crippen LogP contribution in [0.1, 0.15) is 42.9 Å². The third-order valence-electron chi connectivity index (χ3n) is 9.62. The number of anilines is 1. The Morgan fingerprint density at radius 2 is 1.75 bits per heavy atom. The first-order valence-corrected chi connectivity index (χ1v) is 15.8. The summed E-state index contributed by atoms with van der Waals surface area (Å²) in [7, 11) is 0. The number of amides is 3. The SMILES string of the molecule is C=CCN(CCC)C(=O)[C@@H]1[C@H]2C(=O)N([C@@H](CO)Cc3ccccc3)C(C(=O)N(CC=C)c3c(C)cccc3C)C23CC[C@H]1O3. The van der Waals surface area contributed by atoms with Crippen LogP contribution in [0.2, 0.25) is 0 Å². The number of carbonyl (C=O) groups is 3. The quantitative estimate of drug-likeness (QED) is 0.348. The van der Waals surface area contributed by atoms with Gasteiger partial charge in [0.15, 0.2) is 0 Å². The summed E-state index contributed by atoms with van der Waals surface area (Å²) in [4.78, 5) is 48.9. The van der Waals surface area contributed by atoms with E-state index in [-0.39, 0.29) is 30.9 Å². The molecule has 3 fully saturated rings. The molecule has 44 heavy (non-hydrogen) atoms. The molecule has 3 aliphatic rings. The highest BCUT2D eigenvalue weighted by molar-refractivity contribution is 6.05. The number of aryl methyl sites for hydroxylation is 2. The minimum absolute atomic E-state index is 0.133. The van der Waals surface area contributed by atoms with Crippen molar-refractivity contribution in [2.45, 2.75) is 70.2 Å². The smallest absolute Gasteiger partial charge is 0.253 e. The molecule has 2 unspecified atom stereocenters. The highest BCUT2D eigenvalue weighted by Crippen LogP contribution is 2.59. The fourth-order valence-corrected chi connectivity index (χ4v) is 7.91. The third-order valence-corrected chi connectivity index (χ3v) is 9.62. The van der Waals surface area contributed by atoms with Gasteiger partial charge in [-0.3, -0.25) is 14.4 Å². The van der Waals surface area contributed by atoms with Gasteiger partial charge in [-0.1, -0.05) is 67.6 Å². The molecule has 0 saturated carbocycles. The lowest BCUT2D eigenvalue weighted by molar-refractivity contribution is -0.147. The normalized spacial score (nSPS) is 25.9. The second-order valence-corrected chi connectivity index (χ2v) is 12.4. The molecule has 2 bridgehead atoms. The van der Waals surface area contributed by atoms with E-state index in [1.54, 1.807) is 26.9 Å². The Hall–Kier alpha value is -3.75. The van der Waals surface area contributed by atoms with Gasteiger partial charge in [0.1, 0.15) is 11.6 Å². The average Bonchev–Trinajstić information content (AvgIpc) is 3.66. The summed E-state index contributed by atoms with van der Waals surface area (Å²) in [5.41, 5.74) is 2.39. The zero-order valence-corrected chi connectivity index (χ0v) is 26.2.